The van der Waals surface area contributed by atoms with E-state index in [9.17, 15) is 5.11 Å². The molecular formula is C29H33N7OS. The summed E-state index contributed by atoms with van der Waals surface area (Å²) in [4.78, 5) is 9.09. The van der Waals surface area contributed by atoms with Crippen molar-refractivity contribution in [3.8, 4) is 5.88 Å². The van der Waals surface area contributed by atoms with Crippen molar-refractivity contribution in [2.45, 2.75) is 33.4 Å². The maximum absolute atomic E-state index is 11.2. The molecule has 0 spiro atoms. The van der Waals surface area contributed by atoms with Gasteiger partial charge in [-0.05, 0) is 54.4 Å². The van der Waals surface area contributed by atoms with Crippen LogP contribution in [0.25, 0.3) is 10.9 Å². The standard InChI is InChI=1S/C29H33N7OS/c1-3-21-10-9-11-22(4-2)26(21)31-29(38)33-32-27-23-12-5-6-13-24(23)36(28(27)37)20-34-16-18-35(19-17-34)25-14-7-8-15-30-25/h5-15,37H,3-4,16-20H2,1-2H3,(H,31,38). The van der Waals surface area contributed by atoms with Gasteiger partial charge in [0, 0.05) is 43.4 Å². The van der Waals surface area contributed by atoms with Gasteiger partial charge in [0.2, 0.25) is 11.0 Å². The van der Waals surface area contributed by atoms with Crippen LogP contribution < -0.4 is 10.2 Å². The van der Waals surface area contributed by atoms with Gasteiger partial charge in [-0.1, -0.05) is 56.3 Å². The minimum atomic E-state index is 0.0908. The molecule has 0 aliphatic carbocycles. The van der Waals surface area contributed by atoms with E-state index >= 15 is 0 Å². The lowest BCUT2D eigenvalue weighted by molar-refractivity contribution is 0.200. The highest BCUT2D eigenvalue weighted by atomic mass is 32.1. The molecule has 1 aliphatic rings. The Bertz CT molecular complexity index is 1420. The first kappa shape index (κ1) is 25.8. The number of nitrogens with one attached hydrogen (secondary N) is 1. The van der Waals surface area contributed by atoms with E-state index in [0.29, 0.717) is 12.4 Å². The van der Waals surface area contributed by atoms with Crippen LogP contribution in [0, 0.1) is 0 Å². The van der Waals surface area contributed by atoms with E-state index in [4.69, 9.17) is 12.2 Å². The van der Waals surface area contributed by atoms with Gasteiger partial charge in [-0.3, -0.25) is 9.47 Å². The van der Waals surface area contributed by atoms with Gasteiger partial charge < -0.3 is 15.3 Å². The van der Waals surface area contributed by atoms with Gasteiger partial charge in [0.1, 0.15) is 5.82 Å². The highest BCUT2D eigenvalue weighted by Crippen LogP contribution is 2.39. The Kier molecular flexibility index (Phi) is 7.95. The highest BCUT2D eigenvalue weighted by molar-refractivity contribution is 7.80. The number of hydrogen-bond donors (Lipinski definition) is 2. The first-order valence-electron chi connectivity index (χ1n) is 13.1. The van der Waals surface area contributed by atoms with E-state index in [1.807, 2.05) is 53.2 Å². The first-order valence-corrected chi connectivity index (χ1v) is 13.5. The molecule has 196 valence electrons. The van der Waals surface area contributed by atoms with Crippen molar-refractivity contribution in [3.05, 3.63) is 78.0 Å². The number of azo groups is 1. The highest BCUT2D eigenvalue weighted by Gasteiger charge is 2.22. The number of anilines is 2. The Labute approximate surface area is 228 Å². The van der Waals surface area contributed by atoms with Crippen molar-refractivity contribution in [1.29, 1.82) is 0 Å². The van der Waals surface area contributed by atoms with E-state index in [0.717, 1.165) is 61.4 Å². The van der Waals surface area contributed by atoms with Gasteiger partial charge >= 0.3 is 0 Å². The van der Waals surface area contributed by atoms with E-state index in [1.54, 1.807) is 0 Å². The number of aryl methyl sites for hydroxylation is 2. The van der Waals surface area contributed by atoms with Gasteiger partial charge in [-0.2, -0.15) is 0 Å². The van der Waals surface area contributed by atoms with Gasteiger partial charge in [-0.15, -0.1) is 10.2 Å². The number of rotatable bonds is 7. The summed E-state index contributed by atoms with van der Waals surface area (Å²) in [7, 11) is 0. The van der Waals surface area contributed by atoms with E-state index < -0.39 is 0 Å². The van der Waals surface area contributed by atoms with Crippen LogP contribution >= 0.6 is 12.2 Å². The van der Waals surface area contributed by atoms with E-state index in [2.05, 4.69) is 62.4 Å². The zero-order chi connectivity index (χ0) is 26.5. The largest absolute Gasteiger partial charge is 0.493 e. The Morgan fingerprint density at radius 3 is 2.34 bits per heavy atom. The van der Waals surface area contributed by atoms with Crippen molar-refractivity contribution >= 4 is 45.4 Å². The Hall–Kier alpha value is -3.82. The smallest absolute Gasteiger partial charge is 0.221 e. The summed E-state index contributed by atoms with van der Waals surface area (Å²) in [6.07, 6.45) is 3.61. The Balaban J connectivity index is 1.33. The molecule has 0 bridgehead atoms. The normalized spacial score (nSPS) is 14.4. The quantitative estimate of drug-likeness (QED) is 0.222. The van der Waals surface area contributed by atoms with Crippen molar-refractivity contribution in [2.75, 3.05) is 36.4 Å². The number of benzene rings is 2. The molecule has 0 amide bonds. The molecule has 0 radical (unpaired) electrons. The van der Waals surface area contributed by atoms with Crippen LogP contribution in [0.5, 0.6) is 5.88 Å². The molecule has 0 atom stereocenters. The number of para-hydroxylation sites is 2. The third kappa shape index (κ3) is 5.39. The summed E-state index contributed by atoms with van der Waals surface area (Å²) in [6, 6.07) is 20.1. The summed E-state index contributed by atoms with van der Waals surface area (Å²) in [6.45, 7) is 8.29. The Morgan fingerprint density at radius 2 is 1.66 bits per heavy atom. The molecule has 4 aromatic rings. The van der Waals surface area contributed by atoms with Crippen LogP contribution in [0.2, 0.25) is 0 Å². The molecular weight excluding hydrogens is 494 g/mol. The summed E-state index contributed by atoms with van der Waals surface area (Å²) >= 11 is 5.53. The number of thiocarbonyl (C=S) groups is 1. The van der Waals surface area contributed by atoms with Crippen molar-refractivity contribution in [1.82, 2.24) is 14.5 Å². The third-order valence-electron chi connectivity index (χ3n) is 7.08. The summed E-state index contributed by atoms with van der Waals surface area (Å²) in [5.74, 6) is 1.09. The molecule has 0 unspecified atom stereocenters. The second kappa shape index (κ2) is 11.7. The summed E-state index contributed by atoms with van der Waals surface area (Å²) in [5, 5.41) is 24.3. The van der Waals surface area contributed by atoms with E-state index in [-0.39, 0.29) is 11.0 Å². The Morgan fingerprint density at radius 1 is 0.947 bits per heavy atom. The molecule has 1 aliphatic heterocycles. The van der Waals surface area contributed by atoms with Crippen LogP contribution in [0.4, 0.5) is 17.2 Å². The van der Waals surface area contributed by atoms with Crippen LogP contribution in [-0.4, -0.2) is 50.8 Å². The number of pyridine rings is 1. The SMILES string of the molecule is CCc1cccc(CC)c1NC(=S)N=Nc1c(O)n(CN2CCN(c3ccccn3)CC2)c2ccccc12. The molecule has 8 nitrogen and oxygen atoms in total. The summed E-state index contributed by atoms with van der Waals surface area (Å²) in [5.41, 5.74) is 4.71. The van der Waals surface area contributed by atoms with E-state index in [1.165, 1.54) is 11.1 Å². The van der Waals surface area contributed by atoms with Crippen LogP contribution in [0.1, 0.15) is 25.0 Å². The average molecular weight is 528 g/mol. The van der Waals surface area contributed by atoms with Crippen molar-refractivity contribution < 1.29 is 5.11 Å². The number of piperazine rings is 1. The fourth-order valence-electron chi connectivity index (χ4n) is 5.00. The van der Waals surface area contributed by atoms with Crippen LogP contribution in [-0.2, 0) is 19.5 Å². The molecule has 2 aromatic heterocycles. The molecule has 5 rings (SSSR count). The molecule has 2 aromatic carbocycles. The lowest BCUT2D eigenvalue weighted by atomic mass is 10.0. The zero-order valence-corrected chi connectivity index (χ0v) is 22.7. The van der Waals surface area contributed by atoms with Crippen LogP contribution in [0.15, 0.2) is 77.1 Å². The average Bonchev–Trinajstić information content (AvgIpc) is 3.23. The number of aromatic hydroxyl groups is 1. The van der Waals surface area contributed by atoms with Crippen molar-refractivity contribution in [2.24, 2.45) is 10.2 Å². The van der Waals surface area contributed by atoms with Gasteiger partial charge in [0.15, 0.2) is 5.69 Å². The monoisotopic (exact) mass is 527 g/mol. The maximum Gasteiger partial charge on any atom is 0.221 e. The minimum Gasteiger partial charge on any atom is -0.493 e. The predicted molar refractivity (Wildman–Crippen MR) is 158 cm³/mol. The predicted octanol–water partition coefficient (Wildman–Crippen LogP) is 6.13. The molecule has 9 heteroatoms. The zero-order valence-electron chi connectivity index (χ0n) is 21.8. The second-order valence-corrected chi connectivity index (χ2v) is 9.73. The number of aromatic nitrogens is 2. The first-order chi connectivity index (χ1) is 18.6. The molecule has 0 saturated carbocycles. The summed E-state index contributed by atoms with van der Waals surface area (Å²) < 4.78 is 1.90. The number of nitrogens with zero attached hydrogens (tertiary/aromatic N) is 6. The molecule has 1 fully saturated rings. The maximum atomic E-state index is 11.2. The third-order valence-corrected chi connectivity index (χ3v) is 7.26. The lowest BCUT2D eigenvalue weighted by Gasteiger charge is -2.35. The topological polar surface area (TPSA) is 81.3 Å². The van der Waals surface area contributed by atoms with Crippen molar-refractivity contribution in [3.63, 3.8) is 0 Å². The number of fused-ring (bicyclic) bond motifs is 1. The fourth-order valence-corrected chi connectivity index (χ4v) is 5.15. The van der Waals surface area contributed by atoms with Gasteiger partial charge in [0.25, 0.3) is 0 Å². The van der Waals surface area contributed by atoms with Crippen LogP contribution in [0.3, 0.4) is 0 Å². The molecule has 1 saturated heterocycles. The lowest BCUT2D eigenvalue weighted by Crippen LogP contribution is -2.47. The molecule has 3 heterocycles. The molecule has 2 N–H and O–H groups in total. The minimum absolute atomic E-state index is 0.0908. The second-order valence-electron chi connectivity index (χ2n) is 9.34. The van der Waals surface area contributed by atoms with Gasteiger partial charge in [-0.25, -0.2) is 4.98 Å². The fraction of sp³-hybridized carbons (Fsp3) is 0.310. The number of hydrogen-bond acceptors (Lipinski definition) is 6. The molecule has 38 heavy (non-hydrogen) atoms. The van der Waals surface area contributed by atoms with Gasteiger partial charge in [0.05, 0.1) is 12.2 Å².